The number of nitrogens with zero attached hydrogens (tertiary/aromatic N) is 1. The molecule has 4 heteroatoms. The first-order valence-corrected chi connectivity index (χ1v) is 6.74. The van der Waals surface area contributed by atoms with Gasteiger partial charge >= 0.3 is 0 Å². The lowest BCUT2D eigenvalue weighted by Crippen LogP contribution is -2.39. The first-order valence-electron chi connectivity index (χ1n) is 6.74. The van der Waals surface area contributed by atoms with Crippen molar-refractivity contribution in [2.75, 3.05) is 20.2 Å². The number of benzene rings is 1. The van der Waals surface area contributed by atoms with Crippen LogP contribution >= 0.6 is 0 Å². The molecule has 0 saturated heterocycles. The van der Waals surface area contributed by atoms with E-state index in [9.17, 15) is 4.39 Å². The minimum Gasteiger partial charge on any atom is -0.377 e. The highest BCUT2D eigenvalue weighted by molar-refractivity contribution is 5.21. The van der Waals surface area contributed by atoms with Crippen molar-refractivity contribution in [2.24, 2.45) is 5.73 Å². The van der Waals surface area contributed by atoms with Crippen LogP contribution in [0.15, 0.2) is 24.3 Å². The van der Waals surface area contributed by atoms with E-state index < -0.39 is 0 Å². The maximum Gasteiger partial charge on any atom is 0.123 e. The van der Waals surface area contributed by atoms with E-state index in [2.05, 4.69) is 4.90 Å². The van der Waals surface area contributed by atoms with Crippen LogP contribution in [0, 0.1) is 5.82 Å². The van der Waals surface area contributed by atoms with E-state index in [0.29, 0.717) is 6.61 Å². The zero-order chi connectivity index (χ0) is 14.4. The summed E-state index contributed by atoms with van der Waals surface area (Å²) in [5, 5.41) is 0. The molecule has 1 rings (SSSR count). The van der Waals surface area contributed by atoms with Crippen molar-refractivity contribution < 1.29 is 9.13 Å². The first-order chi connectivity index (χ1) is 8.91. The Hall–Kier alpha value is -0.970. The fraction of sp³-hybridized carbons (Fsp3) is 0.600. The van der Waals surface area contributed by atoms with E-state index in [1.165, 1.54) is 6.07 Å². The molecule has 0 amide bonds. The van der Waals surface area contributed by atoms with Crippen molar-refractivity contribution >= 4 is 0 Å². The SMILES string of the molecule is CC(C)OCCN(C)C(c1cccc(F)c1)C(C)N. The zero-order valence-corrected chi connectivity index (χ0v) is 12.3. The van der Waals surface area contributed by atoms with E-state index in [1.807, 2.05) is 33.9 Å². The Bertz CT molecular complexity index is 382. The van der Waals surface area contributed by atoms with Gasteiger partial charge < -0.3 is 10.5 Å². The van der Waals surface area contributed by atoms with Gasteiger partial charge in [0.15, 0.2) is 0 Å². The highest BCUT2D eigenvalue weighted by atomic mass is 19.1. The molecule has 0 heterocycles. The van der Waals surface area contributed by atoms with E-state index in [0.717, 1.165) is 12.1 Å². The van der Waals surface area contributed by atoms with Crippen LogP contribution in [-0.2, 0) is 4.74 Å². The van der Waals surface area contributed by atoms with Crippen LogP contribution in [0.1, 0.15) is 32.4 Å². The average molecular weight is 268 g/mol. The lowest BCUT2D eigenvalue weighted by atomic mass is 9.99. The predicted molar refractivity (Wildman–Crippen MR) is 76.5 cm³/mol. The molecule has 2 unspecified atom stereocenters. The summed E-state index contributed by atoms with van der Waals surface area (Å²) in [7, 11) is 1.99. The molecule has 1 aromatic carbocycles. The molecule has 0 bridgehead atoms. The van der Waals surface area contributed by atoms with Gasteiger partial charge in [0.1, 0.15) is 5.82 Å². The third-order valence-corrected chi connectivity index (χ3v) is 3.06. The van der Waals surface area contributed by atoms with Gasteiger partial charge in [-0.2, -0.15) is 0 Å². The number of hydrogen-bond acceptors (Lipinski definition) is 3. The second kappa shape index (κ2) is 7.58. The largest absolute Gasteiger partial charge is 0.377 e. The fourth-order valence-electron chi connectivity index (χ4n) is 2.22. The molecule has 0 saturated carbocycles. The molecule has 2 N–H and O–H groups in total. The molecule has 1 aromatic rings. The van der Waals surface area contributed by atoms with Gasteiger partial charge in [0.05, 0.1) is 12.7 Å². The van der Waals surface area contributed by atoms with Crippen molar-refractivity contribution in [1.29, 1.82) is 0 Å². The van der Waals surface area contributed by atoms with Gasteiger partial charge in [0.25, 0.3) is 0 Å². The van der Waals surface area contributed by atoms with Crippen LogP contribution in [0.2, 0.25) is 0 Å². The van der Waals surface area contributed by atoms with Gasteiger partial charge in [-0.05, 0) is 45.5 Å². The van der Waals surface area contributed by atoms with Crippen LogP contribution in [0.4, 0.5) is 4.39 Å². The molecule has 0 aliphatic heterocycles. The molecule has 0 aliphatic carbocycles. The topological polar surface area (TPSA) is 38.5 Å². The van der Waals surface area contributed by atoms with Crippen molar-refractivity contribution in [2.45, 2.75) is 39.0 Å². The van der Waals surface area contributed by atoms with E-state index in [1.54, 1.807) is 12.1 Å². The Morgan fingerprint density at radius 1 is 1.32 bits per heavy atom. The number of ether oxygens (including phenoxy) is 1. The lowest BCUT2D eigenvalue weighted by molar-refractivity contribution is 0.0535. The van der Waals surface area contributed by atoms with Gasteiger partial charge in [-0.15, -0.1) is 0 Å². The molecular formula is C15H25FN2O. The molecule has 0 spiro atoms. The molecule has 3 nitrogen and oxygen atoms in total. The van der Waals surface area contributed by atoms with Crippen LogP contribution in [0.3, 0.4) is 0 Å². The maximum absolute atomic E-state index is 13.3. The Kier molecular flexibility index (Phi) is 6.42. The number of likely N-dealkylation sites (N-methyl/N-ethyl adjacent to an activating group) is 1. The van der Waals surface area contributed by atoms with E-state index in [4.69, 9.17) is 10.5 Å². The second-order valence-electron chi connectivity index (χ2n) is 5.26. The van der Waals surface area contributed by atoms with Crippen molar-refractivity contribution in [3.63, 3.8) is 0 Å². The Labute approximate surface area is 115 Å². The predicted octanol–water partition coefficient (Wildman–Crippen LogP) is 2.57. The van der Waals surface area contributed by atoms with Crippen LogP contribution < -0.4 is 5.73 Å². The summed E-state index contributed by atoms with van der Waals surface area (Å²) in [5.41, 5.74) is 6.95. The summed E-state index contributed by atoms with van der Waals surface area (Å²) in [6.07, 6.45) is 0.219. The molecule has 0 fully saturated rings. The summed E-state index contributed by atoms with van der Waals surface area (Å²) in [6.45, 7) is 7.37. The normalized spacial score (nSPS) is 14.9. The summed E-state index contributed by atoms with van der Waals surface area (Å²) in [4.78, 5) is 2.11. The van der Waals surface area contributed by atoms with Gasteiger partial charge in [0, 0.05) is 18.6 Å². The molecular weight excluding hydrogens is 243 g/mol. The minimum atomic E-state index is -0.227. The highest BCUT2D eigenvalue weighted by Crippen LogP contribution is 2.22. The number of nitrogens with two attached hydrogens (primary N) is 1. The van der Waals surface area contributed by atoms with E-state index >= 15 is 0 Å². The summed E-state index contributed by atoms with van der Waals surface area (Å²) in [5.74, 6) is -0.227. The van der Waals surface area contributed by atoms with Gasteiger partial charge in [-0.1, -0.05) is 12.1 Å². The maximum atomic E-state index is 13.3. The van der Waals surface area contributed by atoms with Crippen molar-refractivity contribution in [1.82, 2.24) is 4.90 Å². The van der Waals surface area contributed by atoms with Crippen LogP contribution in [-0.4, -0.2) is 37.2 Å². The van der Waals surface area contributed by atoms with Gasteiger partial charge in [-0.3, -0.25) is 4.90 Å². The van der Waals surface area contributed by atoms with Gasteiger partial charge in [0.2, 0.25) is 0 Å². The first kappa shape index (κ1) is 16.1. The summed E-state index contributed by atoms with van der Waals surface area (Å²) < 4.78 is 18.9. The standard InChI is InChI=1S/C15H25FN2O/c1-11(2)19-9-8-18(4)15(12(3)17)13-6-5-7-14(16)10-13/h5-7,10-12,15H,8-9,17H2,1-4H3. The summed E-state index contributed by atoms with van der Waals surface area (Å²) in [6, 6.07) is 6.55. The quantitative estimate of drug-likeness (QED) is 0.826. The number of rotatable bonds is 7. The van der Waals surface area contributed by atoms with Crippen molar-refractivity contribution in [3.8, 4) is 0 Å². The van der Waals surface area contributed by atoms with E-state index in [-0.39, 0.29) is 24.0 Å². The Morgan fingerprint density at radius 2 is 2.00 bits per heavy atom. The zero-order valence-electron chi connectivity index (χ0n) is 12.3. The highest BCUT2D eigenvalue weighted by Gasteiger charge is 2.21. The smallest absolute Gasteiger partial charge is 0.123 e. The van der Waals surface area contributed by atoms with Crippen LogP contribution in [0.5, 0.6) is 0 Å². The lowest BCUT2D eigenvalue weighted by Gasteiger charge is -2.31. The molecule has 19 heavy (non-hydrogen) atoms. The van der Waals surface area contributed by atoms with Gasteiger partial charge in [-0.25, -0.2) is 4.39 Å². The molecule has 0 aromatic heterocycles. The molecule has 108 valence electrons. The molecule has 0 aliphatic rings. The fourth-order valence-corrected chi connectivity index (χ4v) is 2.22. The molecule has 0 radical (unpaired) electrons. The Balaban J connectivity index is 2.71. The number of hydrogen-bond donors (Lipinski definition) is 1. The summed E-state index contributed by atoms with van der Waals surface area (Å²) >= 11 is 0. The van der Waals surface area contributed by atoms with Crippen LogP contribution in [0.25, 0.3) is 0 Å². The second-order valence-corrected chi connectivity index (χ2v) is 5.26. The number of halogens is 1. The average Bonchev–Trinajstić information content (AvgIpc) is 2.28. The minimum absolute atomic E-state index is 0.00791. The Morgan fingerprint density at radius 3 is 2.53 bits per heavy atom. The molecule has 2 atom stereocenters. The van der Waals surface area contributed by atoms with Crippen molar-refractivity contribution in [3.05, 3.63) is 35.6 Å². The third kappa shape index (κ3) is 5.27. The monoisotopic (exact) mass is 268 g/mol. The third-order valence-electron chi connectivity index (χ3n) is 3.06.